The van der Waals surface area contributed by atoms with E-state index in [4.69, 9.17) is 17.3 Å². The van der Waals surface area contributed by atoms with Gasteiger partial charge in [0.15, 0.2) is 0 Å². The summed E-state index contributed by atoms with van der Waals surface area (Å²) >= 11 is 12.6. The van der Waals surface area contributed by atoms with Crippen LogP contribution in [-0.2, 0) is 0 Å². The van der Waals surface area contributed by atoms with E-state index < -0.39 is 0 Å². The average molecular weight is 396 g/mol. The van der Waals surface area contributed by atoms with Gasteiger partial charge in [-0.2, -0.15) is 5.26 Å². The van der Waals surface area contributed by atoms with E-state index in [-0.39, 0.29) is 0 Å². The van der Waals surface area contributed by atoms with Crippen molar-refractivity contribution >= 4 is 55.9 Å². The van der Waals surface area contributed by atoms with Crippen LogP contribution in [0.25, 0.3) is 20.9 Å². The summed E-state index contributed by atoms with van der Waals surface area (Å²) in [6.07, 6.45) is 0. The number of anilines is 1. The molecule has 2 aromatic heterocycles. The smallest absolute Gasteiger partial charge is 0.129 e. The highest BCUT2D eigenvalue weighted by Gasteiger charge is 2.19. The third kappa shape index (κ3) is 2.60. The number of hydrogen-bond donors (Lipinski definition) is 1. The zero-order valence-electron chi connectivity index (χ0n) is 10.6. The lowest BCUT2D eigenvalue weighted by Crippen LogP contribution is -1.87. The molecule has 0 saturated heterocycles. The zero-order chi connectivity index (χ0) is 15.0. The lowest BCUT2D eigenvalue weighted by molar-refractivity contribution is 1.52. The first-order chi connectivity index (χ1) is 10.1. The van der Waals surface area contributed by atoms with Crippen LogP contribution in [-0.4, -0.2) is 0 Å². The molecule has 2 nitrogen and oxygen atoms in total. The van der Waals surface area contributed by atoms with Gasteiger partial charge >= 0.3 is 0 Å². The maximum Gasteiger partial charge on any atom is 0.129 e. The average Bonchev–Trinajstić information content (AvgIpc) is 3.09. The molecule has 0 unspecified atom stereocenters. The van der Waals surface area contributed by atoms with Gasteiger partial charge in [-0.3, -0.25) is 0 Å². The lowest BCUT2D eigenvalue weighted by Gasteiger charge is -2.05. The molecule has 2 N–H and O–H groups in total. The third-order valence-electron chi connectivity index (χ3n) is 3.00. The number of halogens is 2. The molecule has 0 aliphatic heterocycles. The Kier molecular flexibility index (Phi) is 4.05. The minimum atomic E-state index is 0.535. The van der Waals surface area contributed by atoms with E-state index in [2.05, 4.69) is 22.0 Å². The minimum Gasteiger partial charge on any atom is -0.396 e. The molecule has 0 radical (unpaired) electrons. The third-order valence-corrected chi connectivity index (χ3v) is 6.28. The van der Waals surface area contributed by atoms with E-state index in [0.717, 1.165) is 25.4 Å². The van der Waals surface area contributed by atoms with E-state index >= 15 is 0 Å². The molecule has 3 rings (SSSR count). The van der Waals surface area contributed by atoms with Gasteiger partial charge in [0.2, 0.25) is 0 Å². The number of rotatable bonds is 2. The van der Waals surface area contributed by atoms with Crippen molar-refractivity contribution in [3.63, 3.8) is 0 Å². The number of nitrogens with zero attached hydrogens (tertiary/aromatic N) is 1. The fourth-order valence-corrected chi connectivity index (χ4v) is 4.34. The number of benzene rings is 1. The molecular weight excluding hydrogens is 388 g/mol. The Morgan fingerprint density at radius 1 is 1.29 bits per heavy atom. The normalized spacial score (nSPS) is 10.5. The summed E-state index contributed by atoms with van der Waals surface area (Å²) in [4.78, 5) is 2.56. The fourth-order valence-electron chi connectivity index (χ4n) is 2.03. The predicted molar refractivity (Wildman–Crippen MR) is 94.9 cm³/mol. The van der Waals surface area contributed by atoms with Crippen LogP contribution < -0.4 is 5.73 Å². The molecule has 104 valence electrons. The summed E-state index contributed by atoms with van der Waals surface area (Å²) in [5.74, 6) is 0. The van der Waals surface area contributed by atoms with Gasteiger partial charge in [-0.15, -0.1) is 22.7 Å². The Morgan fingerprint density at radius 3 is 2.71 bits per heavy atom. The summed E-state index contributed by atoms with van der Waals surface area (Å²) < 4.78 is 0.843. The van der Waals surface area contributed by atoms with E-state index in [9.17, 15) is 5.26 Å². The highest BCUT2D eigenvalue weighted by atomic mass is 79.9. The van der Waals surface area contributed by atoms with E-state index in [1.165, 1.54) is 11.3 Å². The SMILES string of the molecule is N#Cc1sc(-c2ccc(Br)c(Cl)c2)c(-c2cccs2)c1N. The van der Waals surface area contributed by atoms with Gasteiger partial charge in [0.25, 0.3) is 0 Å². The summed E-state index contributed by atoms with van der Waals surface area (Å²) in [6, 6.07) is 11.9. The Labute approximate surface area is 143 Å². The van der Waals surface area contributed by atoms with Crippen LogP contribution >= 0.6 is 50.2 Å². The van der Waals surface area contributed by atoms with E-state index in [0.29, 0.717) is 15.6 Å². The molecular formula is C15H8BrClN2S2. The fraction of sp³-hybridized carbons (Fsp3) is 0. The van der Waals surface area contributed by atoms with Gasteiger partial charge in [0.05, 0.1) is 10.7 Å². The van der Waals surface area contributed by atoms with Crippen molar-refractivity contribution < 1.29 is 0 Å². The molecule has 3 aromatic rings. The van der Waals surface area contributed by atoms with Crippen molar-refractivity contribution in [1.82, 2.24) is 0 Å². The summed E-state index contributed by atoms with van der Waals surface area (Å²) in [6.45, 7) is 0. The molecule has 0 amide bonds. The Morgan fingerprint density at radius 2 is 2.10 bits per heavy atom. The summed E-state index contributed by atoms with van der Waals surface area (Å²) in [5.41, 5.74) is 8.59. The predicted octanol–water partition coefficient (Wildman–Crippen LogP) is 6.01. The second-order valence-electron chi connectivity index (χ2n) is 4.27. The topological polar surface area (TPSA) is 49.8 Å². The maximum absolute atomic E-state index is 9.25. The highest BCUT2D eigenvalue weighted by Crippen LogP contribution is 2.46. The molecule has 0 bridgehead atoms. The minimum absolute atomic E-state index is 0.535. The first kappa shape index (κ1) is 14.6. The first-order valence-corrected chi connectivity index (χ1v) is 8.80. The quantitative estimate of drug-likeness (QED) is 0.577. The Bertz CT molecular complexity index is 847. The molecule has 0 atom stereocenters. The van der Waals surface area contributed by atoms with Crippen molar-refractivity contribution in [2.75, 3.05) is 5.73 Å². The summed E-state index contributed by atoms with van der Waals surface area (Å²) in [7, 11) is 0. The molecule has 1 aromatic carbocycles. The lowest BCUT2D eigenvalue weighted by atomic mass is 10.1. The molecule has 0 aliphatic rings. The van der Waals surface area contributed by atoms with Crippen molar-refractivity contribution in [2.24, 2.45) is 0 Å². The first-order valence-electron chi connectivity index (χ1n) is 5.93. The second kappa shape index (κ2) is 5.82. The van der Waals surface area contributed by atoms with Crippen LogP contribution in [0.5, 0.6) is 0 Å². The second-order valence-corrected chi connectivity index (χ2v) is 7.50. The number of nitrogens with two attached hydrogens (primary N) is 1. The number of thiophene rings is 2. The van der Waals surface area contributed by atoms with Crippen molar-refractivity contribution in [2.45, 2.75) is 0 Å². The monoisotopic (exact) mass is 394 g/mol. The maximum atomic E-state index is 9.25. The molecule has 2 heterocycles. The number of nitrogen functional groups attached to an aromatic ring is 1. The molecule has 21 heavy (non-hydrogen) atoms. The van der Waals surface area contributed by atoms with Crippen molar-refractivity contribution in [3.8, 4) is 27.0 Å². The summed E-state index contributed by atoms with van der Waals surface area (Å²) in [5, 5.41) is 11.9. The molecule has 0 spiro atoms. The van der Waals surface area contributed by atoms with Gasteiger partial charge in [-0.05, 0) is 45.1 Å². The van der Waals surface area contributed by atoms with Crippen molar-refractivity contribution in [1.29, 1.82) is 5.26 Å². The molecule has 6 heteroatoms. The van der Waals surface area contributed by atoms with Crippen LogP contribution in [0.2, 0.25) is 5.02 Å². The van der Waals surface area contributed by atoms with Gasteiger partial charge in [-0.25, -0.2) is 0 Å². The highest BCUT2D eigenvalue weighted by molar-refractivity contribution is 9.10. The van der Waals surface area contributed by atoms with Crippen LogP contribution in [0.1, 0.15) is 4.88 Å². The van der Waals surface area contributed by atoms with Gasteiger partial charge in [0, 0.05) is 19.8 Å². The van der Waals surface area contributed by atoms with Crippen LogP contribution in [0, 0.1) is 11.3 Å². The Hall–Kier alpha value is -1.32. The molecule has 0 fully saturated rings. The standard InChI is InChI=1S/C15H8BrClN2S2/c16-9-4-3-8(6-10(9)17)15-13(11-2-1-5-20-11)14(19)12(7-18)21-15/h1-6H,19H2. The van der Waals surface area contributed by atoms with Gasteiger partial charge in [-0.1, -0.05) is 23.7 Å². The largest absolute Gasteiger partial charge is 0.396 e. The van der Waals surface area contributed by atoms with Crippen LogP contribution in [0.3, 0.4) is 0 Å². The molecule has 0 saturated carbocycles. The molecule has 0 aliphatic carbocycles. The van der Waals surface area contributed by atoms with E-state index in [1.807, 2.05) is 35.7 Å². The van der Waals surface area contributed by atoms with Crippen LogP contribution in [0.4, 0.5) is 5.69 Å². The Balaban J connectivity index is 2.27. The van der Waals surface area contributed by atoms with Gasteiger partial charge < -0.3 is 5.73 Å². The number of hydrogen-bond acceptors (Lipinski definition) is 4. The van der Waals surface area contributed by atoms with Gasteiger partial charge in [0.1, 0.15) is 10.9 Å². The van der Waals surface area contributed by atoms with Crippen molar-refractivity contribution in [3.05, 3.63) is 50.1 Å². The van der Waals surface area contributed by atoms with Crippen LogP contribution in [0.15, 0.2) is 40.2 Å². The number of nitriles is 1. The van der Waals surface area contributed by atoms with E-state index in [1.54, 1.807) is 11.3 Å². The zero-order valence-corrected chi connectivity index (χ0v) is 14.5.